The molecular formula is C7H13NO7S2. The Morgan fingerprint density at radius 3 is 2.06 bits per heavy atom. The van der Waals surface area contributed by atoms with E-state index in [9.17, 15) is 21.6 Å². The first-order valence-corrected chi connectivity index (χ1v) is 7.33. The Morgan fingerprint density at radius 1 is 1.29 bits per heavy atom. The van der Waals surface area contributed by atoms with Gasteiger partial charge in [-0.15, -0.1) is 0 Å². The lowest BCUT2D eigenvalue weighted by Gasteiger charge is -2.18. The average molecular weight is 287 g/mol. The molecule has 0 radical (unpaired) electrons. The summed E-state index contributed by atoms with van der Waals surface area (Å²) in [5.74, 6) is -0.735. The third-order valence-electron chi connectivity index (χ3n) is 2.04. The van der Waals surface area contributed by atoms with E-state index in [0.717, 1.165) is 13.0 Å². The minimum Gasteiger partial charge on any atom is -0.351 e. The monoisotopic (exact) mass is 287 g/mol. The highest BCUT2D eigenvalue weighted by atomic mass is 32.2. The highest BCUT2D eigenvalue weighted by Crippen LogP contribution is 2.11. The molecular weight excluding hydrogens is 274 g/mol. The fourth-order valence-electron chi connectivity index (χ4n) is 0.979. The molecule has 100 valence electrons. The van der Waals surface area contributed by atoms with Gasteiger partial charge in [-0.1, -0.05) is 6.58 Å². The SMILES string of the molecule is C=CC(=O)NCC(C(C)S(=O)(=O)O)S(=O)(=O)O. The summed E-state index contributed by atoms with van der Waals surface area (Å²) in [7, 11) is -9.40. The van der Waals surface area contributed by atoms with E-state index < -0.39 is 43.2 Å². The topological polar surface area (TPSA) is 138 Å². The quantitative estimate of drug-likeness (QED) is 0.413. The molecule has 0 aromatic carbocycles. The van der Waals surface area contributed by atoms with Crippen LogP contribution in [0.5, 0.6) is 0 Å². The molecule has 0 saturated carbocycles. The second kappa shape index (κ2) is 5.58. The number of hydrogen-bond acceptors (Lipinski definition) is 5. The predicted octanol–water partition coefficient (Wildman–Crippen LogP) is -1.18. The molecule has 17 heavy (non-hydrogen) atoms. The van der Waals surface area contributed by atoms with Gasteiger partial charge >= 0.3 is 0 Å². The van der Waals surface area contributed by atoms with Gasteiger partial charge in [0, 0.05) is 6.54 Å². The second-order valence-corrected chi connectivity index (χ2v) is 6.63. The predicted molar refractivity (Wildman–Crippen MR) is 59.6 cm³/mol. The lowest BCUT2D eigenvalue weighted by Crippen LogP contribution is -2.45. The molecule has 0 aliphatic rings. The van der Waals surface area contributed by atoms with E-state index in [0.29, 0.717) is 0 Å². The van der Waals surface area contributed by atoms with Gasteiger partial charge in [0.25, 0.3) is 20.2 Å². The van der Waals surface area contributed by atoms with Crippen LogP contribution >= 0.6 is 0 Å². The summed E-state index contributed by atoms with van der Waals surface area (Å²) in [5.41, 5.74) is 0. The van der Waals surface area contributed by atoms with E-state index in [2.05, 4.69) is 6.58 Å². The lowest BCUT2D eigenvalue weighted by molar-refractivity contribution is -0.116. The van der Waals surface area contributed by atoms with Crippen LogP contribution in [0.4, 0.5) is 0 Å². The summed E-state index contributed by atoms with van der Waals surface area (Å²) in [4.78, 5) is 10.8. The Bertz CT molecular complexity index is 492. The van der Waals surface area contributed by atoms with Gasteiger partial charge in [0.15, 0.2) is 0 Å². The first kappa shape index (κ1) is 16.0. The molecule has 1 amide bonds. The Balaban J connectivity index is 5.06. The molecule has 0 aliphatic carbocycles. The number of rotatable bonds is 6. The average Bonchev–Trinajstić information content (AvgIpc) is 2.13. The minimum atomic E-state index is -4.74. The molecule has 0 aliphatic heterocycles. The maximum atomic E-state index is 10.9. The van der Waals surface area contributed by atoms with Crippen LogP contribution in [0.1, 0.15) is 6.92 Å². The number of carbonyl (C=O) groups is 1. The standard InChI is InChI=1S/C7H13NO7S2/c1-3-7(9)8-4-6(17(13,14)15)5(2)16(10,11)12/h3,5-6H,1,4H2,2H3,(H,8,9)(H,10,11,12)(H,13,14,15). The van der Waals surface area contributed by atoms with Gasteiger partial charge in [-0.3, -0.25) is 13.9 Å². The van der Waals surface area contributed by atoms with Gasteiger partial charge in [0.1, 0.15) is 10.5 Å². The Morgan fingerprint density at radius 2 is 1.76 bits per heavy atom. The maximum Gasteiger partial charge on any atom is 0.270 e. The maximum absolute atomic E-state index is 10.9. The van der Waals surface area contributed by atoms with Crippen LogP contribution < -0.4 is 5.32 Å². The van der Waals surface area contributed by atoms with Crippen molar-refractivity contribution in [3.63, 3.8) is 0 Å². The van der Waals surface area contributed by atoms with Crippen molar-refractivity contribution >= 4 is 26.1 Å². The molecule has 10 heteroatoms. The Labute approximate surface area is 99.2 Å². The third kappa shape index (κ3) is 5.26. The first-order valence-electron chi connectivity index (χ1n) is 4.33. The highest BCUT2D eigenvalue weighted by molar-refractivity contribution is 7.90. The molecule has 2 atom stereocenters. The van der Waals surface area contributed by atoms with Crippen molar-refractivity contribution < 1.29 is 30.7 Å². The van der Waals surface area contributed by atoms with Gasteiger partial charge in [0.05, 0.1) is 0 Å². The van der Waals surface area contributed by atoms with E-state index in [1.807, 2.05) is 5.32 Å². The van der Waals surface area contributed by atoms with Crippen LogP contribution in [-0.4, -0.2) is 48.9 Å². The van der Waals surface area contributed by atoms with E-state index >= 15 is 0 Å². The van der Waals surface area contributed by atoms with Gasteiger partial charge in [-0.2, -0.15) is 16.8 Å². The molecule has 0 bridgehead atoms. The van der Waals surface area contributed by atoms with Crippen LogP contribution in [0.25, 0.3) is 0 Å². The minimum absolute atomic E-state index is 0.662. The van der Waals surface area contributed by atoms with E-state index in [-0.39, 0.29) is 0 Å². The summed E-state index contributed by atoms with van der Waals surface area (Å²) in [6, 6.07) is 0. The van der Waals surface area contributed by atoms with Crippen molar-refractivity contribution in [2.45, 2.75) is 17.4 Å². The fraction of sp³-hybridized carbons (Fsp3) is 0.571. The summed E-state index contributed by atoms with van der Waals surface area (Å²) >= 11 is 0. The molecule has 0 heterocycles. The molecule has 0 fully saturated rings. The van der Waals surface area contributed by atoms with Crippen LogP contribution in [-0.2, 0) is 25.0 Å². The molecule has 0 saturated heterocycles. The van der Waals surface area contributed by atoms with E-state index in [1.165, 1.54) is 0 Å². The molecule has 2 unspecified atom stereocenters. The molecule has 0 aromatic heterocycles. The molecule has 3 N–H and O–H groups in total. The normalized spacial score (nSPS) is 15.9. The summed E-state index contributed by atoms with van der Waals surface area (Å²) in [6.07, 6.45) is 0.846. The van der Waals surface area contributed by atoms with Gasteiger partial charge in [-0.25, -0.2) is 0 Å². The lowest BCUT2D eigenvalue weighted by atomic mass is 10.3. The zero-order valence-corrected chi connectivity index (χ0v) is 10.5. The van der Waals surface area contributed by atoms with Crippen molar-refractivity contribution in [3.05, 3.63) is 12.7 Å². The second-order valence-electron chi connectivity index (χ2n) is 3.22. The number of nitrogens with one attached hydrogen (secondary N) is 1. The molecule has 0 spiro atoms. The summed E-state index contributed by atoms with van der Waals surface area (Å²) in [6.45, 7) is 3.34. The molecule has 8 nitrogen and oxygen atoms in total. The number of hydrogen-bond donors (Lipinski definition) is 3. The van der Waals surface area contributed by atoms with Crippen LogP contribution in [0.3, 0.4) is 0 Å². The van der Waals surface area contributed by atoms with E-state index in [1.54, 1.807) is 0 Å². The van der Waals surface area contributed by atoms with Gasteiger partial charge < -0.3 is 5.32 Å². The Hall–Kier alpha value is -0.970. The van der Waals surface area contributed by atoms with Crippen molar-refractivity contribution in [3.8, 4) is 0 Å². The summed E-state index contributed by atoms with van der Waals surface area (Å²) in [5, 5.41) is -1.61. The van der Waals surface area contributed by atoms with Gasteiger partial charge in [-0.05, 0) is 13.0 Å². The first-order chi connectivity index (χ1) is 7.50. The van der Waals surface area contributed by atoms with Crippen molar-refractivity contribution in [2.24, 2.45) is 0 Å². The summed E-state index contributed by atoms with van der Waals surface area (Å²) < 4.78 is 60.9. The zero-order valence-electron chi connectivity index (χ0n) is 8.90. The molecule has 0 rings (SSSR count). The van der Waals surface area contributed by atoms with Crippen LogP contribution in [0.2, 0.25) is 0 Å². The molecule has 0 aromatic rings. The van der Waals surface area contributed by atoms with Crippen molar-refractivity contribution in [1.29, 1.82) is 0 Å². The fourth-order valence-corrected chi connectivity index (χ4v) is 3.08. The Kier molecular flexibility index (Phi) is 5.26. The van der Waals surface area contributed by atoms with E-state index in [4.69, 9.17) is 9.11 Å². The van der Waals surface area contributed by atoms with Crippen LogP contribution in [0.15, 0.2) is 12.7 Å². The van der Waals surface area contributed by atoms with Crippen LogP contribution in [0, 0.1) is 0 Å². The highest BCUT2D eigenvalue weighted by Gasteiger charge is 2.36. The number of carbonyl (C=O) groups excluding carboxylic acids is 1. The van der Waals surface area contributed by atoms with Gasteiger partial charge in [0.2, 0.25) is 5.91 Å². The van der Waals surface area contributed by atoms with Crippen molar-refractivity contribution in [2.75, 3.05) is 6.54 Å². The van der Waals surface area contributed by atoms with Crippen molar-refractivity contribution in [1.82, 2.24) is 5.32 Å². The smallest absolute Gasteiger partial charge is 0.270 e. The number of amides is 1. The third-order valence-corrected chi connectivity index (χ3v) is 4.82. The largest absolute Gasteiger partial charge is 0.351 e. The zero-order chi connectivity index (χ0) is 13.9.